The average molecular weight is 421 g/mol. The SMILES string of the molecule is COCCOc1ccc(-c2cccc3cc(C(=O)N[C@@H]4CC[C@@H](O)[C@H]4O)ccc23)cc1. The second kappa shape index (κ2) is 9.47. The lowest BCUT2D eigenvalue weighted by atomic mass is 9.96. The van der Waals surface area contributed by atoms with E-state index in [4.69, 9.17) is 9.47 Å². The van der Waals surface area contributed by atoms with Crippen LogP contribution in [0, 0.1) is 0 Å². The first kappa shape index (κ1) is 21.3. The first-order valence-electron chi connectivity index (χ1n) is 10.5. The number of methoxy groups -OCH3 is 1. The molecule has 162 valence electrons. The Hall–Kier alpha value is -2.93. The summed E-state index contributed by atoms with van der Waals surface area (Å²) in [6, 6.07) is 19.1. The Balaban J connectivity index is 1.53. The Morgan fingerprint density at radius 1 is 1.03 bits per heavy atom. The summed E-state index contributed by atoms with van der Waals surface area (Å²) in [7, 11) is 1.64. The van der Waals surface area contributed by atoms with Crippen LogP contribution in [0.5, 0.6) is 5.75 Å². The number of carbonyl (C=O) groups excluding carboxylic acids is 1. The molecule has 0 saturated heterocycles. The van der Waals surface area contributed by atoms with E-state index in [-0.39, 0.29) is 5.91 Å². The fourth-order valence-corrected chi connectivity index (χ4v) is 4.02. The molecule has 1 aliphatic carbocycles. The molecule has 0 radical (unpaired) electrons. The van der Waals surface area contributed by atoms with Crippen LogP contribution in [-0.2, 0) is 4.74 Å². The van der Waals surface area contributed by atoms with Crippen LogP contribution in [0.4, 0.5) is 0 Å². The standard InChI is InChI=1S/C25H27NO5/c1-30-13-14-31-19-8-5-16(6-9-19)20-4-2-3-17-15-18(7-10-21(17)20)25(29)26-22-11-12-23(27)24(22)28/h2-10,15,22-24,27-28H,11-14H2,1H3,(H,26,29)/t22-,23-,24+/m1/s1. The largest absolute Gasteiger partial charge is 0.491 e. The minimum atomic E-state index is -0.919. The topological polar surface area (TPSA) is 88.0 Å². The molecule has 6 nitrogen and oxygen atoms in total. The van der Waals surface area contributed by atoms with Crippen molar-refractivity contribution in [2.75, 3.05) is 20.3 Å². The smallest absolute Gasteiger partial charge is 0.251 e. The molecule has 0 spiro atoms. The molecule has 31 heavy (non-hydrogen) atoms. The maximum absolute atomic E-state index is 12.7. The molecule has 0 aliphatic heterocycles. The van der Waals surface area contributed by atoms with Crippen LogP contribution in [0.15, 0.2) is 60.7 Å². The zero-order chi connectivity index (χ0) is 21.8. The van der Waals surface area contributed by atoms with Gasteiger partial charge in [-0.05, 0) is 59.0 Å². The summed E-state index contributed by atoms with van der Waals surface area (Å²) < 4.78 is 10.6. The van der Waals surface area contributed by atoms with Gasteiger partial charge in [0.1, 0.15) is 18.5 Å². The molecule has 3 aromatic rings. The van der Waals surface area contributed by atoms with Gasteiger partial charge in [0, 0.05) is 12.7 Å². The number of aliphatic hydroxyl groups is 2. The molecule has 3 aromatic carbocycles. The van der Waals surface area contributed by atoms with Gasteiger partial charge in [0.05, 0.1) is 18.8 Å². The van der Waals surface area contributed by atoms with E-state index in [1.54, 1.807) is 13.2 Å². The van der Waals surface area contributed by atoms with E-state index in [9.17, 15) is 15.0 Å². The number of ether oxygens (including phenoxy) is 2. The highest BCUT2D eigenvalue weighted by atomic mass is 16.5. The number of carbonyl (C=O) groups is 1. The number of nitrogens with one attached hydrogen (secondary N) is 1. The van der Waals surface area contributed by atoms with E-state index in [1.807, 2.05) is 48.5 Å². The van der Waals surface area contributed by atoms with E-state index in [1.165, 1.54) is 0 Å². The lowest BCUT2D eigenvalue weighted by molar-refractivity contribution is 0.0296. The highest BCUT2D eigenvalue weighted by Crippen LogP contribution is 2.30. The van der Waals surface area contributed by atoms with Gasteiger partial charge in [0.25, 0.3) is 5.91 Å². The summed E-state index contributed by atoms with van der Waals surface area (Å²) in [5.74, 6) is 0.544. The normalized spacial score (nSPS) is 20.7. The molecule has 1 amide bonds. The first-order chi connectivity index (χ1) is 15.1. The summed E-state index contributed by atoms with van der Waals surface area (Å²) >= 11 is 0. The second-order valence-corrected chi connectivity index (χ2v) is 7.82. The van der Waals surface area contributed by atoms with Gasteiger partial charge in [-0.25, -0.2) is 0 Å². The van der Waals surface area contributed by atoms with Crippen LogP contribution in [0.2, 0.25) is 0 Å². The van der Waals surface area contributed by atoms with E-state index in [0.29, 0.717) is 31.6 Å². The van der Waals surface area contributed by atoms with Crippen molar-refractivity contribution in [1.29, 1.82) is 0 Å². The van der Waals surface area contributed by atoms with Crippen LogP contribution in [0.25, 0.3) is 21.9 Å². The lowest BCUT2D eigenvalue weighted by Crippen LogP contribution is -2.42. The Labute approximate surface area is 181 Å². The molecule has 0 bridgehead atoms. The summed E-state index contributed by atoms with van der Waals surface area (Å²) in [5.41, 5.74) is 2.66. The third-order valence-electron chi connectivity index (χ3n) is 5.76. The molecule has 1 fully saturated rings. The van der Waals surface area contributed by atoms with E-state index in [2.05, 4.69) is 11.4 Å². The molecule has 3 N–H and O–H groups in total. The van der Waals surface area contributed by atoms with Crippen molar-refractivity contribution in [3.05, 3.63) is 66.2 Å². The summed E-state index contributed by atoms with van der Waals surface area (Å²) in [6.07, 6.45) is -0.640. The fraction of sp³-hybridized carbons (Fsp3) is 0.320. The first-order valence-corrected chi connectivity index (χ1v) is 10.5. The molecular weight excluding hydrogens is 394 g/mol. The fourth-order valence-electron chi connectivity index (χ4n) is 4.02. The quantitative estimate of drug-likeness (QED) is 0.510. The predicted octanol–water partition coefficient (Wildman–Crippen LogP) is 3.15. The van der Waals surface area contributed by atoms with Crippen molar-refractivity contribution in [3.8, 4) is 16.9 Å². The Kier molecular flexibility index (Phi) is 6.51. The van der Waals surface area contributed by atoms with E-state index < -0.39 is 18.2 Å². The van der Waals surface area contributed by atoms with Crippen molar-refractivity contribution < 1.29 is 24.5 Å². The van der Waals surface area contributed by atoms with Crippen LogP contribution in [0.1, 0.15) is 23.2 Å². The number of hydrogen-bond donors (Lipinski definition) is 3. The Morgan fingerprint density at radius 3 is 2.55 bits per heavy atom. The second-order valence-electron chi connectivity index (χ2n) is 7.82. The van der Waals surface area contributed by atoms with Crippen LogP contribution in [0.3, 0.4) is 0 Å². The third kappa shape index (κ3) is 4.71. The monoisotopic (exact) mass is 421 g/mol. The average Bonchev–Trinajstić information content (AvgIpc) is 3.11. The molecule has 6 heteroatoms. The third-order valence-corrected chi connectivity index (χ3v) is 5.76. The van der Waals surface area contributed by atoms with Crippen molar-refractivity contribution in [2.24, 2.45) is 0 Å². The minimum absolute atomic E-state index is 0.247. The van der Waals surface area contributed by atoms with Gasteiger partial charge >= 0.3 is 0 Å². The lowest BCUT2D eigenvalue weighted by Gasteiger charge is -2.18. The summed E-state index contributed by atoms with van der Waals surface area (Å²) in [6.45, 7) is 1.05. The van der Waals surface area contributed by atoms with Gasteiger partial charge in [0.15, 0.2) is 0 Å². The number of aliphatic hydroxyl groups excluding tert-OH is 2. The van der Waals surface area contributed by atoms with Crippen molar-refractivity contribution in [1.82, 2.24) is 5.32 Å². The molecule has 4 rings (SSSR count). The molecule has 0 heterocycles. The molecule has 0 unspecified atom stereocenters. The van der Waals surface area contributed by atoms with Gasteiger partial charge < -0.3 is 25.0 Å². The maximum atomic E-state index is 12.7. The highest BCUT2D eigenvalue weighted by Gasteiger charge is 2.34. The predicted molar refractivity (Wildman–Crippen MR) is 119 cm³/mol. The Morgan fingerprint density at radius 2 is 1.84 bits per heavy atom. The van der Waals surface area contributed by atoms with E-state index in [0.717, 1.165) is 27.6 Å². The van der Waals surface area contributed by atoms with Crippen molar-refractivity contribution in [3.63, 3.8) is 0 Å². The van der Waals surface area contributed by atoms with Crippen LogP contribution < -0.4 is 10.1 Å². The van der Waals surface area contributed by atoms with Gasteiger partial charge in [0.2, 0.25) is 0 Å². The van der Waals surface area contributed by atoms with Gasteiger partial charge in [-0.1, -0.05) is 36.4 Å². The number of hydrogen-bond acceptors (Lipinski definition) is 5. The van der Waals surface area contributed by atoms with Gasteiger partial charge in [-0.15, -0.1) is 0 Å². The summed E-state index contributed by atoms with van der Waals surface area (Å²) in [4.78, 5) is 12.7. The number of fused-ring (bicyclic) bond motifs is 1. The molecular formula is C25H27NO5. The maximum Gasteiger partial charge on any atom is 0.251 e. The minimum Gasteiger partial charge on any atom is -0.491 e. The number of benzene rings is 3. The van der Waals surface area contributed by atoms with Crippen molar-refractivity contribution in [2.45, 2.75) is 31.1 Å². The zero-order valence-electron chi connectivity index (χ0n) is 17.5. The van der Waals surface area contributed by atoms with Crippen molar-refractivity contribution >= 4 is 16.7 Å². The highest BCUT2D eigenvalue weighted by molar-refractivity contribution is 6.02. The molecule has 3 atom stereocenters. The van der Waals surface area contributed by atoms with Gasteiger partial charge in [-0.3, -0.25) is 4.79 Å². The van der Waals surface area contributed by atoms with Crippen LogP contribution in [-0.4, -0.2) is 54.7 Å². The summed E-state index contributed by atoms with van der Waals surface area (Å²) in [5, 5.41) is 24.5. The molecule has 0 aromatic heterocycles. The van der Waals surface area contributed by atoms with Gasteiger partial charge in [-0.2, -0.15) is 0 Å². The Bertz CT molecular complexity index is 1050. The molecule has 1 aliphatic rings. The number of amides is 1. The number of rotatable bonds is 7. The van der Waals surface area contributed by atoms with E-state index >= 15 is 0 Å². The zero-order valence-corrected chi connectivity index (χ0v) is 17.5. The molecule has 1 saturated carbocycles. The van der Waals surface area contributed by atoms with Crippen LogP contribution >= 0.6 is 0 Å².